The van der Waals surface area contributed by atoms with E-state index in [0.29, 0.717) is 22.6 Å². The lowest BCUT2D eigenvalue weighted by Gasteiger charge is -2.32. The van der Waals surface area contributed by atoms with Crippen LogP contribution in [0.25, 0.3) is 0 Å². The SMILES string of the molecule is C=CC(C)N1c2c(O)cccc2C(=O)N(CC=C(C)CCC=C(C)CCC=C(C)C)c2cc(O)cc(O)c21. The van der Waals surface area contributed by atoms with E-state index in [9.17, 15) is 20.1 Å². The average Bonchev–Trinajstić information content (AvgIpc) is 2.95. The first-order chi connectivity index (χ1) is 18.0. The highest BCUT2D eigenvalue weighted by Crippen LogP contribution is 2.51. The second-order valence-corrected chi connectivity index (χ2v) is 10.2. The van der Waals surface area contributed by atoms with Gasteiger partial charge in [0.15, 0.2) is 0 Å². The van der Waals surface area contributed by atoms with Crippen molar-refractivity contribution in [3.8, 4) is 17.2 Å². The van der Waals surface area contributed by atoms with Crippen molar-refractivity contribution in [3.05, 3.63) is 83.5 Å². The fraction of sp³-hybridized carbons (Fsp3) is 0.344. The lowest BCUT2D eigenvalue weighted by atomic mass is 10.1. The Morgan fingerprint density at radius 2 is 1.58 bits per heavy atom. The summed E-state index contributed by atoms with van der Waals surface area (Å²) in [5, 5.41) is 32.1. The van der Waals surface area contributed by atoms with E-state index in [4.69, 9.17) is 0 Å². The lowest BCUT2D eigenvalue weighted by Crippen LogP contribution is -2.30. The van der Waals surface area contributed by atoms with Gasteiger partial charge in [-0.1, -0.05) is 47.1 Å². The van der Waals surface area contributed by atoms with Crippen LogP contribution in [0.2, 0.25) is 0 Å². The molecule has 0 saturated carbocycles. The van der Waals surface area contributed by atoms with Crippen LogP contribution in [0.15, 0.2) is 77.9 Å². The molecule has 1 aliphatic rings. The number of allylic oxidation sites excluding steroid dienone is 5. The summed E-state index contributed by atoms with van der Waals surface area (Å²) in [7, 11) is 0. The molecule has 0 fully saturated rings. The first-order valence-corrected chi connectivity index (χ1v) is 13.1. The van der Waals surface area contributed by atoms with Crippen molar-refractivity contribution < 1.29 is 20.1 Å². The number of nitrogens with zero attached hydrogens (tertiary/aromatic N) is 2. The van der Waals surface area contributed by atoms with Crippen LogP contribution in [-0.4, -0.2) is 33.8 Å². The minimum absolute atomic E-state index is 0.0803. The van der Waals surface area contributed by atoms with Crippen molar-refractivity contribution in [2.75, 3.05) is 16.3 Å². The highest BCUT2D eigenvalue weighted by atomic mass is 16.3. The molecule has 0 aliphatic carbocycles. The Kier molecular flexibility index (Phi) is 9.45. The van der Waals surface area contributed by atoms with Crippen molar-refractivity contribution in [2.45, 2.75) is 66.3 Å². The maximum absolute atomic E-state index is 13.9. The molecule has 1 atom stereocenters. The molecule has 38 heavy (non-hydrogen) atoms. The second-order valence-electron chi connectivity index (χ2n) is 10.2. The minimum atomic E-state index is -0.368. The van der Waals surface area contributed by atoms with Gasteiger partial charge >= 0.3 is 0 Å². The molecule has 1 aliphatic heterocycles. The molecule has 0 bridgehead atoms. The zero-order valence-corrected chi connectivity index (χ0v) is 23.2. The number of benzene rings is 2. The molecule has 3 N–H and O–H groups in total. The summed E-state index contributed by atoms with van der Waals surface area (Å²) in [4.78, 5) is 17.1. The first kappa shape index (κ1) is 28.6. The Morgan fingerprint density at radius 3 is 2.24 bits per heavy atom. The highest BCUT2D eigenvalue weighted by Gasteiger charge is 2.36. The predicted octanol–water partition coefficient (Wildman–Crippen LogP) is 7.90. The number of hydrogen-bond donors (Lipinski definition) is 3. The molecule has 1 heterocycles. The molecular weight excluding hydrogens is 476 g/mol. The van der Waals surface area contributed by atoms with Crippen molar-refractivity contribution in [1.29, 1.82) is 0 Å². The van der Waals surface area contributed by atoms with E-state index < -0.39 is 0 Å². The number of phenolic OH excluding ortho intramolecular Hbond substituents is 3. The van der Waals surface area contributed by atoms with Gasteiger partial charge in [-0.2, -0.15) is 0 Å². The summed E-state index contributed by atoms with van der Waals surface area (Å²) in [6.07, 6.45) is 12.1. The van der Waals surface area contributed by atoms with E-state index in [2.05, 4.69) is 39.5 Å². The number of phenols is 3. The highest BCUT2D eigenvalue weighted by molar-refractivity contribution is 6.15. The number of fused-ring (bicyclic) bond motifs is 2. The number of rotatable bonds is 10. The van der Waals surface area contributed by atoms with Crippen molar-refractivity contribution >= 4 is 23.0 Å². The number of carbonyl (C=O) groups excluding carboxylic acids is 1. The summed E-state index contributed by atoms with van der Waals surface area (Å²) in [5.41, 5.74) is 5.11. The number of aromatic hydroxyl groups is 3. The molecule has 2 aromatic rings. The number of amides is 1. The van der Waals surface area contributed by atoms with Crippen LogP contribution in [0.3, 0.4) is 0 Å². The molecule has 6 heteroatoms. The van der Waals surface area contributed by atoms with Gasteiger partial charge in [0, 0.05) is 24.7 Å². The molecular formula is C32H40N2O4. The summed E-state index contributed by atoms with van der Waals surface area (Å²) in [5.74, 6) is -0.768. The third kappa shape index (κ3) is 6.49. The molecule has 0 aromatic heterocycles. The molecule has 202 valence electrons. The largest absolute Gasteiger partial charge is 0.508 e. The second kappa shape index (κ2) is 12.5. The van der Waals surface area contributed by atoms with Crippen LogP contribution in [0.5, 0.6) is 17.2 Å². The van der Waals surface area contributed by atoms with Crippen molar-refractivity contribution in [1.82, 2.24) is 0 Å². The number of para-hydroxylation sites is 1. The van der Waals surface area contributed by atoms with E-state index in [1.807, 2.05) is 19.9 Å². The Morgan fingerprint density at radius 1 is 0.921 bits per heavy atom. The van der Waals surface area contributed by atoms with Gasteiger partial charge in [0.2, 0.25) is 0 Å². The predicted molar refractivity (Wildman–Crippen MR) is 157 cm³/mol. The molecule has 3 rings (SSSR count). The zero-order chi connectivity index (χ0) is 28.0. The van der Waals surface area contributed by atoms with Gasteiger partial charge in [0.05, 0.1) is 16.9 Å². The van der Waals surface area contributed by atoms with Crippen LogP contribution in [0.1, 0.15) is 70.7 Å². The summed E-state index contributed by atoms with van der Waals surface area (Å²) < 4.78 is 0. The lowest BCUT2D eigenvalue weighted by molar-refractivity contribution is 0.0990. The first-order valence-electron chi connectivity index (χ1n) is 13.1. The Labute approximate surface area is 226 Å². The molecule has 1 amide bonds. The minimum Gasteiger partial charge on any atom is -0.508 e. The quantitative estimate of drug-likeness (QED) is 0.280. The molecule has 2 aromatic carbocycles. The monoisotopic (exact) mass is 516 g/mol. The van der Waals surface area contributed by atoms with E-state index >= 15 is 0 Å². The van der Waals surface area contributed by atoms with Crippen molar-refractivity contribution in [3.63, 3.8) is 0 Å². The van der Waals surface area contributed by atoms with E-state index in [1.165, 1.54) is 34.2 Å². The normalized spacial score (nSPS) is 14.5. The van der Waals surface area contributed by atoms with Crippen LogP contribution in [0, 0.1) is 0 Å². The molecule has 0 spiro atoms. The molecule has 1 unspecified atom stereocenters. The summed E-state index contributed by atoms with van der Waals surface area (Å²) >= 11 is 0. The van der Waals surface area contributed by atoms with Crippen LogP contribution < -0.4 is 9.80 Å². The fourth-order valence-corrected chi connectivity index (χ4v) is 4.65. The zero-order valence-electron chi connectivity index (χ0n) is 23.2. The fourth-order valence-electron chi connectivity index (χ4n) is 4.65. The number of carbonyl (C=O) groups is 1. The van der Waals surface area contributed by atoms with E-state index in [1.54, 1.807) is 23.1 Å². The standard InChI is InChI=1S/C32H40N2O4/c1-7-24(6)34-30-26(15-10-16-28(30)36)32(38)33(27-19-25(35)20-29(37)31(27)34)18-17-23(5)14-9-13-22(4)12-8-11-21(2)3/h7,10-11,13,15-17,19-20,24,35-37H,1,8-9,12,14,18H2,2-6H3. The number of anilines is 3. The average molecular weight is 517 g/mol. The van der Waals surface area contributed by atoms with E-state index in [0.717, 1.165) is 31.3 Å². The maximum Gasteiger partial charge on any atom is 0.260 e. The van der Waals surface area contributed by atoms with Gasteiger partial charge in [-0.25, -0.2) is 0 Å². The number of hydrogen-bond acceptors (Lipinski definition) is 5. The van der Waals surface area contributed by atoms with Crippen molar-refractivity contribution in [2.24, 2.45) is 0 Å². The van der Waals surface area contributed by atoms with Gasteiger partial charge in [0.25, 0.3) is 5.91 Å². The third-order valence-electron chi connectivity index (χ3n) is 6.81. The Hall–Kier alpha value is -3.93. The maximum atomic E-state index is 13.9. The molecule has 0 radical (unpaired) electrons. The van der Waals surface area contributed by atoms with Gasteiger partial charge in [-0.05, 0) is 72.4 Å². The van der Waals surface area contributed by atoms with Crippen LogP contribution in [-0.2, 0) is 0 Å². The third-order valence-corrected chi connectivity index (χ3v) is 6.81. The van der Waals surface area contributed by atoms with Gasteiger partial charge in [0.1, 0.15) is 22.9 Å². The smallest absolute Gasteiger partial charge is 0.260 e. The summed E-state index contributed by atoms with van der Waals surface area (Å²) in [6, 6.07) is 7.15. The Bertz CT molecular complexity index is 1280. The Balaban J connectivity index is 1.95. The molecule has 0 saturated heterocycles. The van der Waals surface area contributed by atoms with Gasteiger partial charge in [-0.15, -0.1) is 6.58 Å². The van der Waals surface area contributed by atoms with Crippen LogP contribution in [0.4, 0.5) is 17.1 Å². The van der Waals surface area contributed by atoms with Crippen LogP contribution >= 0.6 is 0 Å². The van der Waals surface area contributed by atoms with Gasteiger partial charge < -0.3 is 25.1 Å². The topological polar surface area (TPSA) is 84.2 Å². The van der Waals surface area contributed by atoms with Gasteiger partial charge in [-0.3, -0.25) is 4.79 Å². The van der Waals surface area contributed by atoms with E-state index in [-0.39, 0.29) is 35.7 Å². The summed E-state index contributed by atoms with van der Waals surface area (Å²) in [6.45, 7) is 14.4. The molecule has 6 nitrogen and oxygen atoms in total.